The lowest BCUT2D eigenvalue weighted by Crippen LogP contribution is -2.39. The topological polar surface area (TPSA) is 72.9 Å². The largest absolute Gasteiger partial charge is 0.480 e. The van der Waals surface area contributed by atoms with E-state index in [1.807, 2.05) is 36.4 Å². The standard InChI is InChI=1S/C17H27N3O3S.ClH/c1-13(15-6-4-10-24-15)18-16(21)11-20-8-3-5-14(7-9-20)19(2)12-17(22)23;/h4,6,10,13-14H,3,5,7-9,11-12H2,1-2H3,(H,18,21)(H,22,23);1H. The van der Waals surface area contributed by atoms with Gasteiger partial charge >= 0.3 is 5.97 Å². The summed E-state index contributed by atoms with van der Waals surface area (Å²) in [4.78, 5) is 28.3. The summed E-state index contributed by atoms with van der Waals surface area (Å²) in [5.41, 5.74) is 0. The second-order valence-electron chi connectivity index (χ2n) is 6.47. The quantitative estimate of drug-likeness (QED) is 0.748. The van der Waals surface area contributed by atoms with Gasteiger partial charge in [-0.05, 0) is 51.2 Å². The Bertz CT molecular complexity index is 541. The molecule has 1 aromatic rings. The van der Waals surface area contributed by atoms with Gasteiger partial charge in [-0.3, -0.25) is 19.4 Å². The predicted molar refractivity (Wildman–Crippen MR) is 102 cm³/mol. The van der Waals surface area contributed by atoms with Crippen LogP contribution in [0.5, 0.6) is 0 Å². The summed E-state index contributed by atoms with van der Waals surface area (Å²) < 4.78 is 0. The van der Waals surface area contributed by atoms with Crippen molar-refractivity contribution in [1.82, 2.24) is 15.1 Å². The van der Waals surface area contributed by atoms with Crippen LogP contribution in [0.25, 0.3) is 0 Å². The zero-order valence-corrected chi connectivity index (χ0v) is 16.4. The Morgan fingerprint density at radius 2 is 2.20 bits per heavy atom. The van der Waals surface area contributed by atoms with E-state index < -0.39 is 5.97 Å². The summed E-state index contributed by atoms with van der Waals surface area (Å²) in [6, 6.07) is 4.34. The number of hydrogen-bond acceptors (Lipinski definition) is 5. The number of nitrogens with one attached hydrogen (secondary N) is 1. The molecule has 142 valence electrons. The first kappa shape index (κ1) is 21.9. The highest BCUT2D eigenvalue weighted by molar-refractivity contribution is 7.10. The molecule has 6 nitrogen and oxygen atoms in total. The Balaban J connectivity index is 0.00000312. The zero-order chi connectivity index (χ0) is 17.5. The van der Waals surface area contributed by atoms with Gasteiger partial charge in [0, 0.05) is 17.5 Å². The number of rotatable bonds is 7. The van der Waals surface area contributed by atoms with E-state index in [1.165, 1.54) is 0 Å². The molecule has 1 aliphatic heterocycles. The molecule has 1 saturated heterocycles. The number of amides is 1. The van der Waals surface area contributed by atoms with Crippen LogP contribution in [0, 0.1) is 0 Å². The first-order chi connectivity index (χ1) is 11.5. The molecule has 1 amide bonds. The summed E-state index contributed by atoms with van der Waals surface area (Å²) in [6.07, 6.45) is 2.87. The highest BCUT2D eigenvalue weighted by Gasteiger charge is 2.23. The average molecular weight is 390 g/mol. The third-order valence-electron chi connectivity index (χ3n) is 4.51. The van der Waals surface area contributed by atoms with Crippen LogP contribution < -0.4 is 5.32 Å². The van der Waals surface area contributed by atoms with Gasteiger partial charge in [0.1, 0.15) is 0 Å². The Morgan fingerprint density at radius 3 is 2.84 bits per heavy atom. The van der Waals surface area contributed by atoms with Crippen LogP contribution in [0.1, 0.15) is 37.1 Å². The van der Waals surface area contributed by atoms with Crippen molar-refractivity contribution in [1.29, 1.82) is 0 Å². The Hall–Kier alpha value is -1.15. The molecule has 2 atom stereocenters. The molecule has 0 saturated carbocycles. The minimum absolute atomic E-state index is 0. The number of likely N-dealkylation sites (tertiary alicyclic amines) is 1. The van der Waals surface area contributed by atoms with Gasteiger partial charge in [-0.2, -0.15) is 0 Å². The summed E-state index contributed by atoms with van der Waals surface area (Å²) >= 11 is 1.65. The van der Waals surface area contributed by atoms with Gasteiger partial charge in [-0.25, -0.2) is 0 Å². The van der Waals surface area contributed by atoms with E-state index in [9.17, 15) is 9.59 Å². The van der Waals surface area contributed by atoms with E-state index in [4.69, 9.17) is 5.11 Å². The molecule has 1 aliphatic rings. The van der Waals surface area contributed by atoms with E-state index in [1.54, 1.807) is 11.3 Å². The SMILES string of the molecule is CC(NC(=O)CN1CCCC(N(C)CC(=O)O)CC1)c1cccs1.Cl. The maximum Gasteiger partial charge on any atom is 0.317 e. The van der Waals surface area contributed by atoms with Crippen LogP contribution in [0.4, 0.5) is 0 Å². The zero-order valence-electron chi connectivity index (χ0n) is 14.8. The van der Waals surface area contributed by atoms with Crippen molar-refractivity contribution in [2.24, 2.45) is 0 Å². The number of aliphatic carboxylic acids is 1. The highest BCUT2D eigenvalue weighted by atomic mass is 35.5. The molecule has 0 spiro atoms. The third-order valence-corrected chi connectivity index (χ3v) is 5.57. The number of thiophene rings is 1. The Morgan fingerprint density at radius 1 is 1.44 bits per heavy atom. The molecule has 0 aliphatic carbocycles. The summed E-state index contributed by atoms with van der Waals surface area (Å²) in [5.74, 6) is -0.742. The molecule has 1 fully saturated rings. The summed E-state index contributed by atoms with van der Waals surface area (Å²) in [6.45, 7) is 4.20. The molecule has 2 rings (SSSR count). The van der Waals surface area contributed by atoms with Gasteiger partial charge in [0.15, 0.2) is 0 Å². The van der Waals surface area contributed by atoms with Gasteiger partial charge in [0.05, 0.1) is 19.1 Å². The van der Waals surface area contributed by atoms with Crippen LogP contribution in [0.15, 0.2) is 17.5 Å². The van der Waals surface area contributed by atoms with E-state index in [-0.39, 0.29) is 36.9 Å². The molecule has 25 heavy (non-hydrogen) atoms. The number of nitrogens with zero attached hydrogens (tertiary/aromatic N) is 2. The van der Waals surface area contributed by atoms with Gasteiger partial charge in [0.25, 0.3) is 0 Å². The fourth-order valence-electron chi connectivity index (χ4n) is 3.18. The fraction of sp³-hybridized carbons (Fsp3) is 0.647. The number of carboxylic acid groups (broad SMARTS) is 1. The Labute approximate surface area is 159 Å². The van der Waals surface area contributed by atoms with E-state index in [0.717, 1.165) is 37.2 Å². The lowest BCUT2D eigenvalue weighted by Gasteiger charge is -2.25. The van der Waals surface area contributed by atoms with Crippen LogP contribution in [-0.2, 0) is 9.59 Å². The number of carbonyl (C=O) groups excluding carboxylic acids is 1. The van der Waals surface area contributed by atoms with Crippen molar-refractivity contribution in [2.45, 2.75) is 38.3 Å². The molecule has 2 heterocycles. The molecule has 1 aromatic heterocycles. The number of halogens is 1. The van der Waals surface area contributed by atoms with Crippen LogP contribution >= 0.6 is 23.7 Å². The normalized spacial score (nSPS) is 19.7. The number of hydrogen-bond donors (Lipinski definition) is 2. The van der Waals surface area contributed by atoms with Crippen molar-refractivity contribution in [3.63, 3.8) is 0 Å². The van der Waals surface area contributed by atoms with E-state index >= 15 is 0 Å². The minimum atomic E-state index is -0.791. The lowest BCUT2D eigenvalue weighted by atomic mass is 10.1. The number of carbonyl (C=O) groups is 2. The third kappa shape index (κ3) is 7.32. The molecular formula is C17H28ClN3O3S. The van der Waals surface area contributed by atoms with Gasteiger partial charge < -0.3 is 10.4 Å². The molecule has 0 radical (unpaired) electrons. The van der Waals surface area contributed by atoms with Gasteiger partial charge in [0.2, 0.25) is 5.91 Å². The van der Waals surface area contributed by atoms with Crippen molar-refractivity contribution in [3.8, 4) is 0 Å². The number of carboxylic acids is 1. The van der Waals surface area contributed by atoms with Gasteiger partial charge in [-0.15, -0.1) is 23.7 Å². The second kappa shape index (κ2) is 10.8. The summed E-state index contributed by atoms with van der Waals surface area (Å²) in [5, 5.41) is 14.0. The first-order valence-corrected chi connectivity index (χ1v) is 9.31. The minimum Gasteiger partial charge on any atom is -0.480 e. The van der Waals surface area contributed by atoms with Crippen LogP contribution in [-0.4, -0.2) is 66.1 Å². The van der Waals surface area contributed by atoms with Crippen LogP contribution in [0.3, 0.4) is 0 Å². The monoisotopic (exact) mass is 389 g/mol. The first-order valence-electron chi connectivity index (χ1n) is 8.43. The van der Waals surface area contributed by atoms with Crippen LogP contribution in [0.2, 0.25) is 0 Å². The molecule has 0 aromatic carbocycles. The predicted octanol–water partition coefficient (Wildman–Crippen LogP) is 2.22. The molecule has 0 bridgehead atoms. The fourth-order valence-corrected chi connectivity index (χ4v) is 3.91. The lowest BCUT2D eigenvalue weighted by molar-refractivity contribution is -0.138. The average Bonchev–Trinajstić information content (AvgIpc) is 2.94. The van der Waals surface area contributed by atoms with Crippen molar-refractivity contribution in [2.75, 3.05) is 33.2 Å². The maximum atomic E-state index is 12.3. The Kier molecular flexibility index (Phi) is 9.42. The van der Waals surface area contributed by atoms with E-state index in [2.05, 4.69) is 10.2 Å². The number of likely N-dealkylation sites (N-methyl/N-ethyl adjacent to an activating group) is 1. The molecule has 2 N–H and O–H groups in total. The smallest absolute Gasteiger partial charge is 0.317 e. The molecule has 2 unspecified atom stereocenters. The second-order valence-corrected chi connectivity index (χ2v) is 7.45. The maximum absolute atomic E-state index is 12.3. The highest BCUT2D eigenvalue weighted by Crippen LogP contribution is 2.18. The molecule has 8 heteroatoms. The van der Waals surface area contributed by atoms with Crippen molar-refractivity contribution >= 4 is 35.6 Å². The van der Waals surface area contributed by atoms with Gasteiger partial charge in [-0.1, -0.05) is 6.07 Å². The van der Waals surface area contributed by atoms with Crippen molar-refractivity contribution < 1.29 is 14.7 Å². The summed E-state index contributed by atoms with van der Waals surface area (Å²) in [7, 11) is 1.86. The van der Waals surface area contributed by atoms with E-state index in [0.29, 0.717) is 6.54 Å². The van der Waals surface area contributed by atoms with Crippen molar-refractivity contribution in [3.05, 3.63) is 22.4 Å². The molecular weight excluding hydrogens is 362 g/mol.